The summed E-state index contributed by atoms with van der Waals surface area (Å²) in [6, 6.07) is 19.9. The Morgan fingerprint density at radius 2 is 1.51 bits per heavy atom. The number of nitrogens with zero attached hydrogens (tertiary/aromatic N) is 1. The lowest BCUT2D eigenvalue weighted by Gasteiger charge is -2.10. The Morgan fingerprint density at radius 1 is 0.837 bits per heavy atom. The molecule has 4 aromatic carbocycles. The highest BCUT2D eigenvalue weighted by molar-refractivity contribution is 7.80. The first-order valence-corrected chi connectivity index (χ1v) is 13.4. The predicted octanol–water partition coefficient (Wildman–Crippen LogP) is 5.42. The largest absolute Gasteiger partial charge is 0.478 e. The second-order valence-corrected chi connectivity index (χ2v) is 9.94. The van der Waals surface area contributed by atoms with Crippen LogP contribution >= 0.6 is 0 Å². The number of ether oxygens (including phenoxy) is 1. The lowest BCUT2D eigenvalue weighted by atomic mass is 10.0. The van der Waals surface area contributed by atoms with E-state index in [-0.39, 0.29) is 52.2 Å². The van der Waals surface area contributed by atoms with Crippen LogP contribution in [0.4, 0.5) is 5.69 Å². The van der Waals surface area contributed by atoms with Crippen molar-refractivity contribution in [3.63, 3.8) is 0 Å². The standard InChI is InChI=1S/C29H23NO12S/c1-18-2-13-26(28(31)32)27(14-18)29(33)40-22-9-11-25(12-10-22)43(37)42-24-7-5-23(6-8-24)41-39-17-20-15-21(30(34)35)4-3-19(20)16-38-36/h2-15,36H,16-17H2,1H3,(H,31,32). The van der Waals surface area contributed by atoms with Gasteiger partial charge in [-0.25, -0.2) is 18.7 Å². The summed E-state index contributed by atoms with van der Waals surface area (Å²) in [5.41, 5.74) is 1.09. The first-order chi connectivity index (χ1) is 20.6. The molecule has 0 bridgehead atoms. The number of carboxylic acids is 1. The van der Waals surface area contributed by atoms with E-state index in [1.54, 1.807) is 13.0 Å². The zero-order chi connectivity index (χ0) is 30.9. The van der Waals surface area contributed by atoms with Crippen molar-refractivity contribution in [2.24, 2.45) is 0 Å². The Balaban J connectivity index is 1.31. The molecule has 2 N–H and O–H groups in total. The fourth-order valence-corrected chi connectivity index (χ4v) is 4.45. The number of carbonyl (C=O) groups is 2. The molecule has 43 heavy (non-hydrogen) atoms. The van der Waals surface area contributed by atoms with E-state index in [2.05, 4.69) is 4.89 Å². The van der Waals surface area contributed by atoms with Gasteiger partial charge in [0.1, 0.15) is 24.7 Å². The molecule has 4 aromatic rings. The van der Waals surface area contributed by atoms with Crippen LogP contribution in [-0.4, -0.2) is 31.4 Å². The minimum atomic E-state index is -1.93. The van der Waals surface area contributed by atoms with E-state index < -0.39 is 27.9 Å². The van der Waals surface area contributed by atoms with Gasteiger partial charge in [-0.05, 0) is 84.8 Å². The first kappa shape index (κ1) is 30.8. The van der Waals surface area contributed by atoms with Crippen molar-refractivity contribution >= 4 is 28.7 Å². The van der Waals surface area contributed by atoms with E-state index in [0.29, 0.717) is 16.7 Å². The topological polar surface area (TPSA) is 181 Å². The molecule has 222 valence electrons. The van der Waals surface area contributed by atoms with Crippen molar-refractivity contribution in [3.8, 4) is 17.2 Å². The zero-order valence-corrected chi connectivity index (χ0v) is 23.1. The van der Waals surface area contributed by atoms with Crippen LogP contribution < -0.4 is 13.8 Å². The number of esters is 1. The highest BCUT2D eigenvalue weighted by atomic mass is 32.2. The van der Waals surface area contributed by atoms with Crippen LogP contribution in [0.3, 0.4) is 0 Å². The van der Waals surface area contributed by atoms with Gasteiger partial charge in [0.05, 0.1) is 20.9 Å². The summed E-state index contributed by atoms with van der Waals surface area (Å²) in [4.78, 5) is 49.3. The summed E-state index contributed by atoms with van der Waals surface area (Å²) in [6.45, 7) is 1.34. The summed E-state index contributed by atoms with van der Waals surface area (Å²) in [6.07, 6.45) is 0. The molecule has 0 spiro atoms. The normalized spacial score (nSPS) is 11.4. The third-order valence-corrected chi connectivity index (χ3v) is 6.84. The Labute approximate surface area is 246 Å². The van der Waals surface area contributed by atoms with Gasteiger partial charge in [-0.2, -0.15) is 4.89 Å². The van der Waals surface area contributed by atoms with Crippen molar-refractivity contribution in [1.82, 2.24) is 0 Å². The fraction of sp³-hybridized carbons (Fsp3) is 0.103. The Kier molecular flexibility index (Phi) is 10.1. The molecular formula is C29H23NO12S. The number of hydrogen-bond acceptors (Lipinski definition) is 11. The van der Waals surface area contributed by atoms with Gasteiger partial charge >= 0.3 is 11.9 Å². The number of rotatable bonds is 13. The minimum Gasteiger partial charge on any atom is -0.478 e. The lowest BCUT2D eigenvalue weighted by molar-refractivity contribution is -0.385. The Hall–Kier alpha value is -5.15. The molecule has 0 saturated heterocycles. The van der Waals surface area contributed by atoms with Crippen molar-refractivity contribution in [2.45, 2.75) is 25.0 Å². The van der Waals surface area contributed by atoms with E-state index in [1.807, 2.05) is 0 Å². The van der Waals surface area contributed by atoms with Crippen LogP contribution in [0.2, 0.25) is 0 Å². The quantitative estimate of drug-likeness (QED) is 0.0646. The summed E-state index contributed by atoms with van der Waals surface area (Å²) in [7, 11) is 0. The molecular weight excluding hydrogens is 586 g/mol. The Bertz CT molecular complexity index is 1660. The maximum Gasteiger partial charge on any atom is 0.344 e. The van der Waals surface area contributed by atoms with E-state index in [4.69, 9.17) is 24.0 Å². The number of carbonyl (C=O) groups excluding carboxylic acids is 1. The number of hydrogen-bond donors (Lipinski definition) is 2. The number of carboxylic acid groups (broad SMARTS) is 1. The molecule has 13 nitrogen and oxygen atoms in total. The third kappa shape index (κ3) is 8.21. The highest BCUT2D eigenvalue weighted by Gasteiger charge is 2.19. The van der Waals surface area contributed by atoms with E-state index in [0.717, 1.165) is 0 Å². The molecule has 4 rings (SSSR count). The molecule has 0 fully saturated rings. The maximum absolute atomic E-state index is 12.7. The Morgan fingerprint density at radius 3 is 2.16 bits per heavy atom. The van der Waals surface area contributed by atoms with Crippen molar-refractivity contribution in [3.05, 3.63) is 123 Å². The van der Waals surface area contributed by atoms with E-state index in [9.17, 15) is 29.0 Å². The van der Waals surface area contributed by atoms with Crippen molar-refractivity contribution in [1.29, 1.82) is 0 Å². The predicted molar refractivity (Wildman–Crippen MR) is 149 cm³/mol. The van der Waals surface area contributed by atoms with E-state index in [1.165, 1.54) is 78.9 Å². The number of nitro groups is 1. The van der Waals surface area contributed by atoms with Crippen LogP contribution in [-0.2, 0) is 34.1 Å². The molecule has 1 unspecified atom stereocenters. The van der Waals surface area contributed by atoms with Crippen LogP contribution in [0.25, 0.3) is 0 Å². The zero-order valence-electron chi connectivity index (χ0n) is 22.3. The summed E-state index contributed by atoms with van der Waals surface area (Å²) >= 11 is -1.93. The van der Waals surface area contributed by atoms with Crippen LogP contribution in [0.1, 0.15) is 37.4 Å². The monoisotopic (exact) mass is 609 g/mol. The number of nitro benzene ring substituents is 1. The SMILES string of the molecule is Cc1ccc(C(=O)O)c(C(=O)Oc2ccc(S(=O)Oc3ccc(OOCc4cc([N+](=O)[O-])ccc4COO)cc3)cc2)c1. The van der Waals surface area contributed by atoms with Crippen LogP contribution in [0.15, 0.2) is 89.8 Å². The fourth-order valence-electron chi connectivity index (χ4n) is 3.71. The van der Waals surface area contributed by atoms with Gasteiger partial charge in [0.25, 0.3) is 5.69 Å². The second-order valence-electron chi connectivity index (χ2n) is 8.83. The first-order valence-electron chi connectivity index (χ1n) is 12.3. The molecule has 0 aromatic heterocycles. The molecule has 0 aliphatic carbocycles. The molecule has 0 saturated carbocycles. The maximum atomic E-state index is 12.7. The van der Waals surface area contributed by atoms with Crippen molar-refractivity contribution < 1.29 is 52.7 Å². The van der Waals surface area contributed by atoms with Crippen LogP contribution in [0.5, 0.6) is 17.2 Å². The highest BCUT2D eigenvalue weighted by Crippen LogP contribution is 2.24. The second kappa shape index (κ2) is 14.2. The van der Waals surface area contributed by atoms with E-state index >= 15 is 0 Å². The molecule has 14 heteroatoms. The van der Waals surface area contributed by atoms with Gasteiger partial charge in [-0.1, -0.05) is 11.6 Å². The van der Waals surface area contributed by atoms with Gasteiger partial charge in [0.15, 0.2) is 5.75 Å². The van der Waals surface area contributed by atoms with Gasteiger partial charge in [0.2, 0.25) is 11.1 Å². The molecule has 0 amide bonds. The molecule has 0 aliphatic rings. The summed E-state index contributed by atoms with van der Waals surface area (Å²) < 4.78 is 23.4. The third-order valence-electron chi connectivity index (χ3n) is 5.84. The minimum absolute atomic E-state index is 0.0913. The molecule has 0 heterocycles. The number of benzene rings is 4. The molecule has 1 atom stereocenters. The number of aromatic carboxylic acids is 1. The van der Waals surface area contributed by atoms with Gasteiger partial charge in [-0.3, -0.25) is 15.4 Å². The van der Waals surface area contributed by atoms with Crippen LogP contribution in [0, 0.1) is 17.0 Å². The van der Waals surface area contributed by atoms with Gasteiger partial charge in [-0.15, -0.1) is 0 Å². The lowest BCUT2D eigenvalue weighted by Crippen LogP contribution is -2.14. The number of non-ortho nitro benzene ring substituents is 1. The van der Waals surface area contributed by atoms with Gasteiger partial charge < -0.3 is 18.9 Å². The smallest absolute Gasteiger partial charge is 0.344 e. The summed E-state index contributed by atoms with van der Waals surface area (Å²) in [5.74, 6) is -1.49. The number of aryl methyl sites for hydroxylation is 1. The molecule has 0 aliphatic heterocycles. The van der Waals surface area contributed by atoms with Crippen molar-refractivity contribution in [2.75, 3.05) is 0 Å². The average Bonchev–Trinajstić information content (AvgIpc) is 2.99. The van der Waals surface area contributed by atoms with Gasteiger partial charge in [0, 0.05) is 12.1 Å². The summed E-state index contributed by atoms with van der Waals surface area (Å²) in [5, 5.41) is 29.1. The molecule has 0 radical (unpaired) electrons. The average molecular weight is 610 g/mol.